The van der Waals surface area contributed by atoms with Gasteiger partial charge in [-0.2, -0.15) is 0 Å². The van der Waals surface area contributed by atoms with Crippen LogP contribution in [0, 0.1) is 5.92 Å². The lowest BCUT2D eigenvalue weighted by atomic mass is 9.85. The van der Waals surface area contributed by atoms with Gasteiger partial charge in [-0.05, 0) is 19.3 Å². The maximum Gasteiger partial charge on any atom is 0.332 e. The molecule has 0 aromatic rings. The monoisotopic (exact) mass is 244 g/mol. The Labute approximate surface area is 100 Å². The van der Waals surface area contributed by atoms with Crippen LogP contribution in [-0.2, 0) is 9.59 Å². The van der Waals surface area contributed by atoms with Gasteiger partial charge in [0.2, 0.25) is 5.91 Å². The van der Waals surface area contributed by atoms with E-state index >= 15 is 0 Å². The number of amides is 1. The lowest BCUT2D eigenvalue weighted by Crippen LogP contribution is -2.39. The fraction of sp³-hybridized carbons (Fsp3) is 0.818. The number of carboxylic acids is 1. The zero-order chi connectivity index (χ0) is 12.8. The maximum absolute atomic E-state index is 11.7. The Balaban J connectivity index is 2.22. The second kappa shape index (κ2) is 6.56. The van der Waals surface area contributed by atoms with Crippen molar-refractivity contribution in [3.05, 3.63) is 0 Å². The standard InChI is InChI=1S/C11H20N2O4/c12-8-3-1-2-7(6-8)10(15)13-5-4-9(14)11(16)17/h7-9,14H,1-6,12H2,(H,13,15)(H,16,17). The second-order valence-corrected chi connectivity index (χ2v) is 4.56. The SMILES string of the molecule is NC1CCCC(C(=O)NCCC(O)C(=O)O)C1. The number of hydrogen-bond donors (Lipinski definition) is 4. The molecule has 0 aromatic heterocycles. The van der Waals surface area contributed by atoms with Gasteiger partial charge in [-0.1, -0.05) is 6.42 Å². The molecule has 6 nitrogen and oxygen atoms in total. The quantitative estimate of drug-likeness (QED) is 0.518. The Hall–Kier alpha value is -1.14. The van der Waals surface area contributed by atoms with Crippen molar-refractivity contribution in [1.29, 1.82) is 0 Å². The number of nitrogens with two attached hydrogens (primary N) is 1. The average Bonchev–Trinajstić information content (AvgIpc) is 2.28. The largest absolute Gasteiger partial charge is 0.479 e. The van der Waals surface area contributed by atoms with Gasteiger partial charge < -0.3 is 21.3 Å². The van der Waals surface area contributed by atoms with Gasteiger partial charge in [0.05, 0.1) is 0 Å². The predicted octanol–water partition coefficient (Wildman–Crippen LogP) is -0.544. The molecule has 0 aromatic carbocycles. The van der Waals surface area contributed by atoms with Crippen molar-refractivity contribution in [3.8, 4) is 0 Å². The van der Waals surface area contributed by atoms with Crippen molar-refractivity contribution in [2.24, 2.45) is 11.7 Å². The molecule has 0 heterocycles. The number of aliphatic carboxylic acids is 1. The van der Waals surface area contributed by atoms with E-state index in [2.05, 4.69) is 5.32 Å². The number of carbonyl (C=O) groups is 2. The molecule has 1 aliphatic carbocycles. The number of hydrogen-bond acceptors (Lipinski definition) is 4. The summed E-state index contributed by atoms with van der Waals surface area (Å²) in [7, 11) is 0. The molecule has 17 heavy (non-hydrogen) atoms. The molecule has 1 amide bonds. The first-order valence-corrected chi connectivity index (χ1v) is 5.95. The van der Waals surface area contributed by atoms with E-state index in [9.17, 15) is 9.59 Å². The first-order valence-electron chi connectivity index (χ1n) is 5.95. The van der Waals surface area contributed by atoms with Crippen LogP contribution in [0.15, 0.2) is 0 Å². The number of aliphatic hydroxyl groups is 1. The van der Waals surface area contributed by atoms with Crippen molar-refractivity contribution in [2.45, 2.75) is 44.2 Å². The Bertz CT molecular complexity index is 283. The fourth-order valence-electron chi connectivity index (χ4n) is 2.07. The summed E-state index contributed by atoms with van der Waals surface area (Å²) in [5, 5.41) is 20.1. The van der Waals surface area contributed by atoms with E-state index in [4.69, 9.17) is 15.9 Å². The summed E-state index contributed by atoms with van der Waals surface area (Å²) < 4.78 is 0. The summed E-state index contributed by atoms with van der Waals surface area (Å²) in [5.41, 5.74) is 5.78. The van der Waals surface area contributed by atoms with Crippen molar-refractivity contribution in [1.82, 2.24) is 5.32 Å². The van der Waals surface area contributed by atoms with Gasteiger partial charge in [0.25, 0.3) is 0 Å². The highest BCUT2D eigenvalue weighted by atomic mass is 16.4. The number of aliphatic hydroxyl groups excluding tert-OH is 1. The van der Waals surface area contributed by atoms with Crippen LogP contribution < -0.4 is 11.1 Å². The first-order chi connectivity index (χ1) is 8.00. The number of rotatable bonds is 5. The Morgan fingerprint density at radius 1 is 1.41 bits per heavy atom. The molecule has 0 radical (unpaired) electrons. The molecule has 3 unspecified atom stereocenters. The smallest absolute Gasteiger partial charge is 0.332 e. The van der Waals surface area contributed by atoms with Gasteiger partial charge in [0, 0.05) is 24.9 Å². The van der Waals surface area contributed by atoms with Crippen LogP contribution in [0.2, 0.25) is 0 Å². The van der Waals surface area contributed by atoms with Crippen molar-refractivity contribution in [3.63, 3.8) is 0 Å². The molecule has 98 valence electrons. The molecule has 0 spiro atoms. The lowest BCUT2D eigenvalue weighted by Gasteiger charge is -2.25. The van der Waals surface area contributed by atoms with E-state index in [0.717, 1.165) is 19.3 Å². The molecule has 0 saturated heterocycles. The van der Waals surface area contributed by atoms with E-state index in [-0.39, 0.29) is 30.8 Å². The maximum atomic E-state index is 11.7. The minimum Gasteiger partial charge on any atom is -0.479 e. The van der Waals surface area contributed by atoms with E-state index in [1.807, 2.05) is 0 Å². The predicted molar refractivity (Wildman–Crippen MR) is 61.2 cm³/mol. The summed E-state index contributed by atoms with van der Waals surface area (Å²) in [6.45, 7) is 0.179. The molecule has 0 bridgehead atoms. The number of carboxylic acid groups (broad SMARTS) is 1. The van der Waals surface area contributed by atoms with Gasteiger partial charge in [-0.15, -0.1) is 0 Å². The third kappa shape index (κ3) is 4.70. The second-order valence-electron chi connectivity index (χ2n) is 4.56. The Morgan fingerprint density at radius 3 is 2.71 bits per heavy atom. The molecule has 3 atom stereocenters. The minimum atomic E-state index is -1.41. The van der Waals surface area contributed by atoms with Gasteiger partial charge in [0.1, 0.15) is 0 Å². The molecule has 1 saturated carbocycles. The van der Waals surface area contributed by atoms with Crippen molar-refractivity contribution in [2.75, 3.05) is 6.54 Å². The zero-order valence-corrected chi connectivity index (χ0v) is 9.76. The van der Waals surface area contributed by atoms with Crippen molar-refractivity contribution < 1.29 is 19.8 Å². The van der Waals surface area contributed by atoms with Crippen LogP contribution in [0.3, 0.4) is 0 Å². The third-order valence-corrected chi connectivity index (χ3v) is 3.09. The summed E-state index contributed by atoms with van der Waals surface area (Å²) >= 11 is 0. The van der Waals surface area contributed by atoms with E-state index < -0.39 is 12.1 Å². The molecule has 1 fully saturated rings. The first kappa shape index (κ1) is 13.9. The molecule has 5 N–H and O–H groups in total. The van der Waals surface area contributed by atoms with Crippen LogP contribution in [0.5, 0.6) is 0 Å². The van der Waals surface area contributed by atoms with E-state index in [1.165, 1.54) is 0 Å². The van der Waals surface area contributed by atoms with Crippen LogP contribution in [0.4, 0.5) is 0 Å². The summed E-state index contributed by atoms with van der Waals surface area (Å²) in [6.07, 6.45) is 2.05. The highest BCUT2D eigenvalue weighted by Crippen LogP contribution is 2.22. The fourth-order valence-corrected chi connectivity index (χ4v) is 2.07. The normalized spacial score (nSPS) is 26.2. The lowest BCUT2D eigenvalue weighted by molar-refractivity contribution is -0.147. The van der Waals surface area contributed by atoms with E-state index in [0.29, 0.717) is 6.42 Å². The van der Waals surface area contributed by atoms with E-state index in [1.54, 1.807) is 0 Å². The minimum absolute atomic E-state index is 0.0276. The number of nitrogens with one attached hydrogen (secondary N) is 1. The third-order valence-electron chi connectivity index (χ3n) is 3.09. The van der Waals surface area contributed by atoms with Crippen molar-refractivity contribution >= 4 is 11.9 Å². The topological polar surface area (TPSA) is 113 Å². The van der Waals surface area contributed by atoms with Gasteiger partial charge >= 0.3 is 5.97 Å². The summed E-state index contributed by atoms with van der Waals surface area (Å²) in [5.74, 6) is -1.42. The molecular weight excluding hydrogens is 224 g/mol. The molecular formula is C11H20N2O4. The average molecular weight is 244 g/mol. The molecule has 1 rings (SSSR count). The van der Waals surface area contributed by atoms with Crippen LogP contribution in [-0.4, -0.2) is 40.8 Å². The van der Waals surface area contributed by atoms with Crippen LogP contribution in [0.25, 0.3) is 0 Å². The molecule has 1 aliphatic rings. The van der Waals surface area contributed by atoms with Crippen LogP contribution in [0.1, 0.15) is 32.1 Å². The summed E-state index contributed by atoms with van der Waals surface area (Å²) in [4.78, 5) is 22.0. The van der Waals surface area contributed by atoms with Gasteiger partial charge in [0.15, 0.2) is 6.10 Å². The Morgan fingerprint density at radius 2 is 2.12 bits per heavy atom. The Kier molecular flexibility index (Phi) is 5.37. The summed E-state index contributed by atoms with van der Waals surface area (Å²) in [6, 6.07) is 0.0871. The number of carbonyl (C=O) groups excluding carboxylic acids is 1. The molecule has 6 heteroatoms. The highest BCUT2D eigenvalue weighted by Gasteiger charge is 2.25. The molecule has 0 aliphatic heterocycles. The van der Waals surface area contributed by atoms with Crippen LogP contribution >= 0.6 is 0 Å². The highest BCUT2D eigenvalue weighted by molar-refractivity contribution is 5.79. The van der Waals surface area contributed by atoms with Gasteiger partial charge in [-0.25, -0.2) is 4.79 Å². The van der Waals surface area contributed by atoms with Gasteiger partial charge in [-0.3, -0.25) is 4.79 Å². The zero-order valence-electron chi connectivity index (χ0n) is 9.76.